The first kappa shape index (κ1) is 18.9. The van der Waals surface area contributed by atoms with Crippen LogP contribution in [0, 0.1) is 0 Å². The Balaban J connectivity index is 1.44. The maximum Gasteiger partial charge on any atom is 0.243 e. The number of aromatic nitrogens is 3. The predicted octanol–water partition coefficient (Wildman–Crippen LogP) is 2.46. The zero-order valence-corrected chi connectivity index (χ0v) is 16.7. The molecular weight excluding hydrogens is 378 g/mol. The molecule has 2 aromatic rings. The third-order valence-corrected chi connectivity index (χ3v) is 5.99. The second-order valence-electron chi connectivity index (χ2n) is 7.52. The average molecular weight is 402 g/mol. The van der Waals surface area contributed by atoms with Crippen molar-refractivity contribution < 1.29 is 9.59 Å². The smallest absolute Gasteiger partial charge is 0.243 e. The van der Waals surface area contributed by atoms with E-state index in [-0.39, 0.29) is 23.8 Å². The molecular formula is C20H24ClN5O2. The van der Waals surface area contributed by atoms with Gasteiger partial charge in [-0.3, -0.25) is 9.59 Å². The SMILES string of the molecule is CC(=O)N1CCC(c2nnc3n2C(C(=O)NCc2ccc(Cl)cc2)CC3)CC1. The van der Waals surface area contributed by atoms with Crippen LogP contribution in [0.1, 0.15) is 55.4 Å². The molecule has 2 amide bonds. The number of rotatable bonds is 4. The number of hydrogen-bond donors (Lipinski definition) is 1. The van der Waals surface area contributed by atoms with Crippen molar-refractivity contribution >= 4 is 23.4 Å². The van der Waals surface area contributed by atoms with Crippen LogP contribution in [-0.2, 0) is 22.6 Å². The summed E-state index contributed by atoms with van der Waals surface area (Å²) in [7, 11) is 0. The number of likely N-dealkylation sites (tertiary alicyclic amines) is 1. The molecule has 0 radical (unpaired) electrons. The molecule has 0 spiro atoms. The molecule has 1 saturated heterocycles. The van der Waals surface area contributed by atoms with Gasteiger partial charge >= 0.3 is 0 Å². The Morgan fingerprint density at radius 1 is 1.14 bits per heavy atom. The molecule has 1 atom stereocenters. The van der Waals surface area contributed by atoms with Gasteiger partial charge in [0.15, 0.2) is 0 Å². The Labute approximate surface area is 169 Å². The van der Waals surface area contributed by atoms with E-state index in [4.69, 9.17) is 11.6 Å². The van der Waals surface area contributed by atoms with E-state index >= 15 is 0 Å². The Bertz CT molecular complexity index is 871. The number of aryl methyl sites for hydroxylation is 1. The summed E-state index contributed by atoms with van der Waals surface area (Å²) in [5.74, 6) is 2.12. The Morgan fingerprint density at radius 2 is 1.86 bits per heavy atom. The lowest BCUT2D eigenvalue weighted by Crippen LogP contribution is -2.37. The summed E-state index contributed by atoms with van der Waals surface area (Å²) >= 11 is 5.91. The van der Waals surface area contributed by atoms with E-state index in [1.807, 2.05) is 33.7 Å². The van der Waals surface area contributed by atoms with E-state index in [0.717, 1.165) is 56.0 Å². The molecule has 4 rings (SSSR count). The van der Waals surface area contributed by atoms with Gasteiger partial charge < -0.3 is 14.8 Å². The molecule has 2 aliphatic heterocycles. The predicted molar refractivity (Wildman–Crippen MR) is 105 cm³/mol. The number of carbonyl (C=O) groups is 2. The minimum atomic E-state index is -0.266. The van der Waals surface area contributed by atoms with Gasteiger partial charge in [0, 0.05) is 43.9 Å². The molecule has 28 heavy (non-hydrogen) atoms. The van der Waals surface area contributed by atoms with E-state index in [0.29, 0.717) is 11.6 Å². The number of fused-ring (bicyclic) bond motifs is 1. The van der Waals surface area contributed by atoms with Gasteiger partial charge in [-0.2, -0.15) is 0 Å². The average Bonchev–Trinajstić information content (AvgIpc) is 3.29. The fraction of sp³-hybridized carbons (Fsp3) is 0.500. The van der Waals surface area contributed by atoms with Gasteiger partial charge in [0.2, 0.25) is 11.8 Å². The molecule has 0 bridgehead atoms. The number of piperidine rings is 1. The van der Waals surface area contributed by atoms with Gasteiger partial charge in [-0.1, -0.05) is 23.7 Å². The molecule has 0 saturated carbocycles. The van der Waals surface area contributed by atoms with Crippen LogP contribution in [0.4, 0.5) is 0 Å². The molecule has 7 nitrogen and oxygen atoms in total. The fourth-order valence-electron chi connectivity index (χ4n) is 4.13. The van der Waals surface area contributed by atoms with Crippen molar-refractivity contribution in [1.82, 2.24) is 25.0 Å². The molecule has 0 aliphatic carbocycles. The topological polar surface area (TPSA) is 80.1 Å². The van der Waals surface area contributed by atoms with Crippen molar-refractivity contribution in [2.24, 2.45) is 0 Å². The fourth-order valence-corrected chi connectivity index (χ4v) is 4.26. The number of benzene rings is 1. The summed E-state index contributed by atoms with van der Waals surface area (Å²) in [5, 5.41) is 12.4. The number of nitrogens with one attached hydrogen (secondary N) is 1. The maximum absolute atomic E-state index is 12.9. The van der Waals surface area contributed by atoms with Crippen molar-refractivity contribution in [3.8, 4) is 0 Å². The summed E-state index contributed by atoms with van der Waals surface area (Å²) in [6.45, 7) is 3.54. The lowest BCUT2D eigenvalue weighted by Gasteiger charge is -2.31. The molecule has 148 valence electrons. The molecule has 1 aromatic carbocycles. The third kappa shape index (κ3) is 3.76. The minimum Gasteiger partial charge on any atom is -0.350 e. The van der Waals surface area contributed by atoms with Crippen molar-refractivity contribution in [2.45, 2.75) is 51.1 Å². The monoisotopic (exact) mass is 401 g/mol. The zero-order chi connectivity index (χ0) is 19.7. The molecule has 3 heterocycles. The van der Waals surface area contributed by atoms with Crippen molar-refractivity contribution in [3.63, 3.8) is 0 Å². The van der Waals surface area contributed by atoms with E-state index in [1.54, 1.807) is 6.92 Å². The van der Waals surface area contributed by atoms with Crippen LogP contribution < -0.4 is 5.32 Å². The van der Waals surface area contributed by atoms with Crippen molar-refractivity contribution in [1.29, 1.82) is 0 Å². The largest absolute Gasteiger partial charge is 0.350 e. The maximum atomic E-state index is 12.9. The first-order valence-corrected chi connectivity index (χ1v) is 10.1. The number of amides is 2. The minimum absolute atomic E-state index is 0.00378. The van der Waals surface area contributed by atoms with E-state index in [9.17, 15) is 9.59 Å². The molecule has 1 N–H and O–H groups in total. The first-order valence-electron chi connectivity index (χ1n) is 9.74. The van der Waals surface area contributed by atoms with E-state index < -0.39 is 0 Å². The molecule has 1 aromatic heterocycles. The van der Waals surface area contributed by atoms with Crippen LogP contribution in [0.3, 0.4) is 0 Å². The van der Waals surface area contributed by atoms with Gasteiger partial charge in [-0.05, 0) is 37.0 Å². The van der Waals surface area contributed by atoms with Crippen LogP contribution in [0.25, 0.3) is 0 Å². The van der Waals surface area contributed by atoms with E-state index in [1.165, 1.54) is 0 Å². The standard InChI is InChI=1S/C20H24ClN5O2/c1-13(27)25-10-8-15(9-11-25)19-24-23-18-7-6-17(26(18)19)20(28)22-12-14-2-4-16(21)5-3-14/h2-5,15,17H,6-12H2,1H3,(H,22,28). The highest BCUT2D eigenvalue weighted by Gasteiger charge is 2.35. The number of carbonyl (C=O) groups excluding carboxylic acids is 2. The normalized spacial score (nSPS) is 19.5. The number of nitrogens with zero attached hydrogens (tertiary/aromatic N) is 4. The van der Waals surface area contributed by atoms with Crippen molar-refractivity contribution in [2.75, 3.05) is 13.1 Å². The van der Waals surface area contributed by atoms with Gasteiger partial charge in [0.25, 0.3) is 0 Å². The second-order valence-corrected chi connectivity index (χ2v) is 7.96. The quantitative estimate of drug-likeness (QED) is 0.853. The molecule has 8 heteroatoms. The van der Waals surface area contributed by atoms with Crippen LogP contribution >= 0.6 is 11.6 Å². The Kier molecular flexibility index (Phi) is 5.35. The van der Waals surface area contributed by atoms with Gasteiger partial charge in [0.1, 0.15) is 17.7 Å². The summed E-state index contributed by atoms with van der Waals surface area (Å²) < 4.78 is 2.03. The number of halogens is 1. The molecule has 1 unspecified atom stereocenters. The first-order chi connectivity index (χ1) is 13.5. The Morgan fingerprint density at radius 3 is 2.54 bits per heavy atom. The third-order valence-electron chi connectivity index (χ3n) is 5.73. The van der Waals surface area contributed by atoms with Crippen LogP contribution in [0.5, 0.6) is 0 Å². The van der Waals surface area contributed by atoms with Crippen LogP contribution in [0.15, 0.2) is 24.3 Å². The summed E-state index contributed by atoms with van der Waals surface area (Å²) in [5.41, 5.74) is 1.01. The second kappa shape index (κ2) is 7.91. The summed E-state index contributed by atoms with van der Waals surface area (Å²) in [4.78, 5) is 26.3. The Hall–Kier alpha value is -2.41. The number of hydrogen-bond acceptors (Lipinski definition) is 4. The molecule has 2 aliphatic rings. The highest BCUT2D eigenvalue weighted by molar-refractivity contribution is 6.30. The highest BCUT2D eigenvalue weighted by atomic mass is 35.5. The van der Waals surface area contributed by atoms with Gasteiger partial charge in [0.05, 0.1) is 0 Å². The summed E-state index contributed by atoms with van der Waals surface area (Å²) in [6, 6.07) is 7.20. The van der Waals surface area contributed by atoms with Crippen molar-refractivity contribution in [3.05, 3.63) is 46.5 Å². The van der Waals surface area contributed by atoms with Gasteiger partial charge in [-0.15, -0.1) is 10.2 Å². The lowest BCUT2D eigenvalue weighted by molar-refractivity contribution is -0.129. The van der Waals surface area contributed by atoms with E-state index in [2.05, 4.69) is 15.5 Å². The molecule has 1 fully saturated rings. The zero-order valence-electron chi connectivity index (χ0n) is 15.9. The van der Waals surface area contributed by atoms with Crippen LogP contribution in [0.2, 0.25) is 5.02 Å². The van der Waals surface area contributed by atoms with Crippen LogP contribution in [-0.4, -0.2) is 44.6 Å². The lowest BCUT2D eigenvalue weighted by atomic mass is 9.95. The van der Waals surface area contributed by atoms with Gasteiger partial charge in [-0.25, -0.2) is 0 Å². The highest BCUT2D eigenvalue weighted by Crippen LogP contribution is 2.34. The summed E-state index contributed by atoms with van der Waals surface area (Å²) in [6.07, 6.45) is 3.22.